The Morgan fingerprint density at radius 3 is 2.62 bits per heavy atom. The predicted molar refractivity (Wildman–Crippen MR) is 86.1 cm³/mol. The van der Waals surface area contributed by atoms with Crippen LogP contribution in [0.25, 0.3) is 0 Å². The van der Waals surface area contributed by atoms with Gasteiger partial charge in [-0.25, -0.2) is 0 Å². The number of para-hydroxylation sites is 1. The second-order valence-electron chi connectivity index (χ2n) is 4.23. The largest absolute Gasteiger partial charge is 0.495 e. The fourth-order valence-corrected chi connectivity index (χ4v) is 2.31. The van der Waals surface area contributed by atoms with Crippen LogP contribution in [0.5, 0.6) is 11.5 Å². The van der Waals surface area contributed by atoms with Crippen LogP contribution < -0.4 is 20.5 Å². The first kappa shape index (κ1) is 15.2. The third kappa shape index (κ3) is 3.28. The van der Waals surface area contributed by atoms with E-state index in [0.717, 1.165) is 4.47 Å². The number of rotatable bonds is 4. The monoisotopic (exact) mass is 350 g/mol. The van der Waals surface area contributed by atoms with Gasteiger partial charge in [0.2, 0.25) is 0 Å². The Morgan fingerprint density at radius 1 is 1.19 bits per heavy atom. The molecular weight excluding hydrogens is 336 g/mol. The standard InChI is InChI=1S/C15H15BrN2O3/c1-20-13-8-9(6-7-11(13)16)18-15(19)10-4-3-5-12(17)14(10)21-2/h3-8H,17H2,1-2H3,(H,18,19). The first-order valence-electron chi connectivity index (χ1n) is 6.14. The summed E-state index contributed by atoms with van der Waals surface area (Å²) in [5.41, 5.74) is 7.20. The van der Waals surface area contributed by atoms with Crippen LogP contribution in [0.3, 0.4) is 0 Å². The van der Waals surface area contributed by atoms with Crippen LogP contribution in [0.1, 0.15) is 10.4 Å². The maximum atomic E-state index is 12.3. The molecule has 2 aromatic rings. The summed E-state index contributed by atoms with van der Waals surface area (Å²) in [6.07, 6.45) is 0. The zero-order valence-corrected chi connectivity index (χ0v) is 13.2. The van der Waals surface area contributed by atoms with Gasteiger partial charge in [0.05, 0.1) is 29.9 Å². The number of carbonyl (C=O) groups excluding carboxylic acids is 1. The molecule has 0 atom stereocenters. The van der Waals surface area contributed by atoms with E-state index in [4.69, 9.17) is 15.2 Å². The average Bonchev–Trinajstić information content (AvgIpc) is 2.48. The van der Waals surface area contributed by atoms with E-state index in [0.29, 0.717) is 28.4 Å². The minimum atomic E-state index is -0.302. The summed E-state index contributed by atoms with van der Waals surface area (Å²) in [6, 6.07) is 10.3. The summed E-state index contributed by atoms with van der Waals surface area (Å²) in [6.45, 7) is 0. The van der Waals surface area contributed by atoms with Crippen LogP contribution in [0.15, 0.2) is 40.9 Å². The SMILES string of the molecule is COc1cc(NC(=O)c2cccc(N)c2OC)ccc1Br. The number of nitrogens with one attached hydrogen (secondary N) is 1. The predicted octanol–water partition coefficient (Wildman–Crippen LogP) is 3.30. The van der Waals surface area contributed by atoms with Crippen LogP contribution in [0.4, 0.5) is 11.4 Å². The van der Waals surface area contributed by atoms with E-state index in [1.807, 2.05) is 0 Å². The molecule has 0 aromatic heterocycles. The molecule has 0 aliphatic heterocycles. The molecule has 0 saturated carbocycles. The van der Waals surface area contributed by atoms with Crippen molar-refractivity contribution >= 4 is 33.2 Å². The maximum absolute atomic E-state index is 12.3. The molecule has 6 heteroatoms. The summed E-state index contributed by atoms with van der Waals surface area (Å²) in [5.74, 6) is 0.690. The lowest BCUT2D eigenvalue weighted by Gasteiger charge is -2.12. The van der Waals surface area contributed by atoms with Gasteiger partial charge >= 0.3 is 0 Å². The highest BCUT2D eigenvalue weighted by molar-refractivity contribution is 9.10. The second-order valence-corrected chi connectivity index (χ2v) is 5.09. The number of methoxy groups -OCH3 is 2. The Bertz CT molecular complexity index is 674. The number of amides is 1. The summed E-state index contributed by atoms with van der Waals surface area (Å²) in [7, 11) is 3.04. The molecule has 1 amide bonds. The number of hydrogen-bond acceptors (Lipinski definition) is 4. The number of ether oxygens (including phenoxy) is 2. The van der Waals surface area contributed by atoms with Gasteiger partial charge in [-0.3, -0.25) is 4.79 Å². The second kappa shape index (κ2) is 6.49. The Kier molecular flexibility index (Phi) is 4.70. The molecule has 0 saturated heterocycles. The highest BCUT2D eigenvalue weighted by Gasteiger charge is 2.15. The molecular formula is C15H15BrN2O3. The number of carbonyl (C=O) groups is 1. The zero-order chi connectivity index (χ0) is 15.4. The van der Waals surface area contributed by atoms with E-state index in [-0.39, 0.29) is 5.91 Å². The van der Waals surface area contributed by atoms with Gasteiger partial charge in [0.25, 0.3) is 5.91 Å². The first-order valence-corrected chi connectivity index (χ1v) is 6.93. The Morgan fingerprint density at radius 2 is 1.95 bits per heavy atom. The highest BCUT2D eigenvalue weighted by Crippen LogP contribution is 2.30. The number of hydrogen-bond donors (Lipinski definition) is 2. The first-order chi connectivity index (χ1) is 10.1. The van der Waals surface area contributed by atoms with Gasteiger partial charge in [0.15, 0.2) is 5.75 Å². The van der Waals surface area contributed by atoms with E-state index in [1.165, 1.54) is 7.11 Å². The maximum Gasteiger partial charge on any atom is 0.259 e. The summed E-state index contributed by atoms with van der Waals surface area (Å²) >= 11 is 3.36. The van der Waals surface area contributed by atoms with Gasteiger partial charge in [-0.15, -0.1) is 0 Å². The van der Waals surface area contributed by atoms with Crippen molar-refractivity contribution in [2.24, 2.45) is 0 Å². The third-order valence-electron chi connectivity index (χ3n) is 2.90. The Hall–Kier alpha value is -2.21. The molecule has 0 bridgehead atoms. The fourth-order valence-electron chi connectivity index (χ4n) is 1.90. The quantitative estimate of drug-likeness (QED) is 0.829. The van der Waals surface area contributed by atoms with E-state index in [1.54, 1.807) is 43.5 Å². The van der Waals surface area contributed by atoms with E-state index < -0.39 is 0 Å². The minimum Gasteiger partial charge on any atom is -0.495 e. The van der Waals surface area contributed by atoms with Crippen molar-refractivity contribution in [2.45, 2.75) is 0 Å². The molecule has 2 rings (SSSR count). The average molecular weight is 351 g/mol. The molecule has 3 N–H and O–H groups in total. The zero-order valence-electron chi connectivity index (χ0n) is 11.6. The fraction of sp³-hybridized carbons (Fsp3) is 0.133. The van der Waals surface area contributed by atoms with Crippen LogP contribution in [0.2, 0.25) is 0 Å². The van der Waals surface area contributed by atoms with Crippen molar-refractivity contribution in [1.82, 2.24) is 0 Å². The normalized spacial score (nSPS) is 10.0. The smallest absolute Gasteiger partial charge is 0.259 e. The van der Waals surface area contributed by atoms with E-state index >= 15 is 0 Å². The number of benzene rings is 2. The molecule has 0 spiro atoms. The van der Waals surface area contributed by atoms with Crippen LogP contribution in [0, 0.1) is 0 Å². The van der Waals surface area contributed by atoms with Crippen molar-refractivity contribution in [3.63, 3.8) is 0 Å². The van der Waals surface area contributed by atoms with E-state index in [9.17, 15) is 4.79 Å². The van der Waals surface area contributed by atoms with Gasteiger partial charge in [0.1, 0.15) is 5.75 Å². The molecule has 110 valence electrons. The summed E-state index contributed by atoms with van der Waals surface area (Å²) < 4.78 is 11.2. The van der Waals surface area contributed by atoms with Crippen molar-refractivity contribution in [1.29, 1.82) is 0 Å². The molecule has 2 aromatic carbocycles. The number of nitrogen functional groups attached to an aromatic ring is 1. The molecule has 0 unspecified atom stereocenters. The van der Waals surface area contributed by atoms with Crippen LogP contribution >= 0.6 is 15.9 Å². The molecule has 0 heterocycles. The number of halogens is 1. The third-order valence-corrected chi connectivity index (χ3v) is 3.56. The Balaban J connectivity index is 2.28. The van der Waals surface area contributed by atoms with Crippen molar-refractivity contribution in [2.75, 3.05) is 25.3 Å². The van der Waals surface area contributed by atoms with Crippen molar-refractivity contribution in [3.8, 4) is 11.5 Å². The van der Waals surface area contributed by atoms with Gasteiger partial charge in [-0.2, -0.15) is 0 Å². The molecule has 0 radical (unpaired) electrons. The Labute approximate surface area is 131 Å². The molecule has 0 fully saturated rings. The summed E-state index contributed by atoms with van der Waals surface area (Å²) in [4.78, 5) is 12.3. The van der Waals surface area contributed by atoms with Gasteiger partial charge in [0, 0.05) is 11.8 Å². The summed E-state index contributed by atoms with van der Waals surface area (Å²) in [5, 5.41) is 2.79. The van der Waals surface area contributed by atoms with Crippen LogP contribution in [-0.2, 0) is 0 Å². The molecule has 5 nitrogen and oxygen atoms in total. The lowest BCUT2D eigenvalue weighted by Crippen LogP contribution is -2.14. The topological polar surface area (TPSA) is 73.6 Å². The molecule has 0 aliphatic carbocycles. The number of anilines is 2. The van der Waals surface area contributed by atoms with Crippen molar-refractivity contribution < 1.29 is 14.3 Å². The number of nitrogens with two attached hydrogens (primary N) is 1. The van der Waals surface area contributed by atoms with Gasteiger partial charge in [-0.05, 0) is 40.2 Å². The van der Waals surface area contributed by atoms with E-state index in [2.05, 4.69) is 21.2 Å². The molecule has 0 aliphatic rings. The lowest BCUT2D eigenvalue weighted by atomic mass is 10.1. The molecule has 21 heavy (non-hydrogen) atoms. The van der Waals surface area contributed by atoms with Crippen molar-refractivity contribution in [3.05, 3.63) is 46.4 Å². The van der Waals surface area contributed by atoms with Gasteiger partial charge in [-0.1, -0.05) is 6.07 Å². The van der Waals surface area contributed by atoms with Gasteiger partial charge < -0.3 is 20.5 Å². The highest BCUT2D eigenvalue weighted by atomic mass is 79.9. The lowest BCUT2D eigenvalue weighted by molar-refractivity contribution is 0.102. The van der Waals surface area contributed by atoms with Crippen LogP contribution in [-0.4, -0.2) is 20.1 Å². The minimum absolute atomic E-state index is 0.302.